The van der Waals surface area contributed by atoms with E-state index in [1.54, 1.807) is 0 Å². The zero-order valence-corrected chi connectivity index (χ0v) is 12.6. The van der Waals surface area contributed by atoms with Gasteiger partial charge < -0.3 is 15.1 Å². The normalized spacial score (nSPS) is 29.8. The predicted molar refractivity (Wildman–Crippen MR) is 75.4 cm³/mol. The molecule has 1 aliphatic rings. The van der Waals surface area contributed by atoms with Crippen molar-refractivity contribution < 1.29 is 0 Å². The Morgan fingerprint density at radius 3 is 2.41 bits per heavy atom. The van der Waals surface area contributed by atoms with E-state index in [1.807, 2.05) is 0 Å². The Morgan fingerprint density at radius 2 is 2.00 bits per heavy atom. The Morgan fingerprint density at radius 1 is 1.35 bits per heavy atom. The molecule has 17 heavy (non-hydrogen) atoms. The summed E-state index contributed by atoms with van der Waals surface area (Å²) in [4.78, 5) is 5.03. The lowest BCUT2D eigenvalue weighted by Gasteiger charge is -2.33. The quantitative estimate of drug-likeness (QED) is 0.760. The first-order valence-corrected chi connectivity index (χ1v) is 6.95. The van der Waals surface area contributed by atoms with E-state index in [-0.39, 0.29) is 0 Å². The van der Waals surface area contributed by atoms with Crippen LogP contribution in [0.4, 0.5) is 0 Å². The summed E-state index contributed by atoms with van der Waals surface area (Å²) in [5.74, 6) is 0.792. The van der Waals surface area contributed by atoms with Crippen molar-refractivity contribution in [1.29, 1.82) is 0 Å². The maximum absolute atomic E-state index is 3.34. The minimum atomic E-state index is 0.412. The van der Waals surface area contributed by atoms with Gasteiger partial charge in [0.15, 0.2) is 0 Å². The average molecular weight is 241 g/mol. The number of likely N-dealkylation sites (tertiary alicyclic amines) is 1. The summed E-state index contributed by atoms with van der Waals surface area (Å²) in [6.45, 7) is 11.9. The largest absolute Gasteiger partial charge is 0.319 e. The SMILES string of the molecule is CCC(C)(CNC)CN1CC(C)C(N(C)C)C1. The van der Waals surface area contributed by atoms with Crippen molar-refractivity contribution in [2.24, 2.45) is 11.3 Å². The molecule has 1 rings (SSSR count). The molecule has 1 aliphatic heterocycles. The second kappa shape index (κ2) is 6.17. The molecule has 0 aromatic carbocycles. The van der Waals surface area contributed by atoms with E-state index in [4.69, 9.17) is 0 Å². The number of nitrogens with zero attached hydrogens (tertiary/aromatic N) is 2. The minimum absolute atomic E-state index is 0.412. The smallest absolute Gasteiger partial charge is 0.0254 e. The zero-order chi connectivity index (χ0) is 13.1. The lowest BCUT2D eigenvalue weighted by molar-refractivity contribution is 0.172. The first-order chi connectivity index (χ1) is 7.91. The van der Waals surface area contributed by atoms with Crippen LogP contribution in [0.3, 0.4) is 0 Å². The van der Waals surface area contributed by atoms with Gasteiger partial charge in [0.05, 0.1) is 0 Å². The summed E-state index contributed by atoms with van der Waals surface area (Å²) in [6.07, 6.45) is 1.24. The number of nitrogens with one attached hydrogen (secondary N) is 1. The summed E-state index contributed by atoms with van der Waals surface area (Å²) in [5, 5.41) is 3.34. The molecule has 1 N–H and O–H groups in total. The van der Waals surface area contributed by atoms with Crippen LogP contribution in [-0.4, -0.2) is 63.2 Å². The Labute approximate surface area is 108 Å². The minimum Gasteiger partial charge on any atom is -0.319 e. The van der Waals surface area contributed by atoms with Crippen molar-refractivity contribution in [1.82, 2.24) is 15.1 Å². The van der Waals surface area contributed by atoms with Gasteiger partial charge in [-0.15, -0.1) is 0 Å². The Hall–Kier alpha value is -0.120. The van der Waals surface area contributed by atoms with Gasteiger partial charge in [-0.2, -0.15) is 0 Å². The lowest BCUT2D eigenvalue weighted by atomic mass is 9.87. The number of hydrogen-bond acceptors (Lipinski definition) is 3. The number of hydrogen-bond donors (Lipinski definition) is 1. The maximum atomic E-state index is 3.34. The van der Waals surface area contributed by atoms with E-state index in [0.29, 0.717) is 5.41 Å². The summed E-state index contributed by atoms with van der Waals surface area (Å²) < 4.78 is 0. The molecule has 1 saturated heterocycles. The molecule has 0 aromatic heterocycles. The van der Waals surface area contributed by atoms with E-state index in [2.05, 4.69) is 57.0 Å². The van der Waals surface area contributed by atoms with Crippen LogP contribution in [-0.2, 0) is 0 Å². The topological polar surface area (TPSA) is 18.5 Å². The fourth-order valence-electron chi connectivity index (χ4n) is 3.11. The highest BCUT2D eigenvalue weighted by atomic mass is 15.2. The van der Waals surface area contributed by atoms with Crippen molar-refractivity contribution in [3.63, 3.8) is 0 Å². The van der Waals surface area contributed by atoms with Gasteiger partial charge in [-0.3, -0.25) is 0 Å². The third-order valence-electron chi connectivity index (χ3n) is 4.37. The molecule has 3 unspecified atom stereocenters. The van der Waals surface area contributed by atoms with E-state index < -0.39 is 0 Å². The van der Waals surface area contributed by atoms with Crippen molar-refractivity contribution in [2.75, 3.05) is 47.3 Å². The molecule has 0 aliphatic carbocycles. The Kier molecular flexibility index (Phi) is 5.42. The van der Waals surface area contributed by atoms with Gasteiger partial charge in [0, 0.05) is 32.2 Å². The summed E-state index contributed by atoms with van der Waals surface area (Å²) >= 11 is 0. The molecular weight excluding hydrogens is 210 g/mol. The fourth-order valence-corrected chi connectivity index (χ4v) is 3.11. The molecule has 3 nitrogen and oxygen atoms in total. The van der Waals surface area contributed by atoms with Gasteiger partial charge in [-0.05, 0) is 38.9 Å². The Balaban J connectivity index is 2.53. The van der Waals surface area contributed by atoms with Crippen LogP contribution >= 0.6 is 0 Å². The summed E-state index contributed by atoms with van der Waals surface area (Å²) in [5.41, 5.74) is 0.412. The van der Waals surface area contributed by atoms with Gasteiger partial charge in [0.2, 0.25) is 0 Å². The van der Waals surface area contributed by atoms with E-state index in [0.717, 1.165) is 18.5 Å². The third kappa shape index (κ3) is 3.94. The highest BCUT2D eigenvalue weighted by Gasteiger charge is 2.34. The second-order valence-electron chi connectivity index (χ2n) is 6.40. The zero-order valence-electron chi connectivity index (χ0n) is 12.6. The van der Waals surface area contributed by atoms with E-state index in [1.165, 1.54) is 26.1 Å². The molecule has 3 heteroatoms. The molecule has 0 saturated carbocycles. The monoisotopic (exact) mass is 241 g/mol. The predicted octanol–water partition coefficient (Wildman–Crippen LogP) is 1.50. The van der Waals surface area contributed by atoms with E-state index >= 15 is 0 Å². The number of likely N-dealkylation sites (N-methyl/N-ethyl adjacent to an activating group) is 1. The molecule has 0 spiro atoms. The molecule has 0 amide bonds. The molecular formula is C14H31N3. The van der Waals surface area contributed by atoms with Gasteiger partial charge >= 0.3 is 0 Å². The van der Waals surface area contributed by atoms with Gasteiger partial charge in [0.25, 0.3) is 0 Å². The standard InChI is InChI=1S/C14H31N3/c1-7-14(3,10-15-4)11-17-8-12(2)13(9-17)16(5)6/h12-13,15H,7-11H2,1-6H3. The lowest BCUT2D eigenvalue weighted by Crippen LogP contribution is -2.41. The molecule has 0 bridgehead atoms. The van der Waals surface area contributed by atoms with Gasteiger partial charge in [-0.1, -0.05) is 20.8 Å². The van der Waals surface area contributed by atoms with Crippen LogP contribution in [0.2, 0.25) is 0 Å². The van der Waals surface area contributed by atoms with Crippen LogP contribution < -0.4 is 5.32 Å². The highest BCUT2D eigenvalue weighted by molar-refractivity contribution is 4.90. The van der Waals surface area contributed by atoms with Crippen molar-refractivity contribution in [2.45, 2.75) is 33.2 Å². The van der Waals surface area contributed by atoms with Crippen molar-refractivity contribution in [3.05, 3.63) is 0 Å². The maximum Gasteiger partial charge on any atom is 0.0254 e. The summed E-state index contributed by atoms with van der Waals surface area (Å²) in [7, 11) is 6.47. The number of rotatable bonds is 6. The van der Waals surface area contributed by atoms with Crippen molar-refractivity contribution in [3.8, 4) is 0 Å². The fraction of sp³-hybridized carbons (Fsp3) is 1.00. The average Bonchev–Trinajstić information content (AvgIpc) is 2.59. The Bertz CT molecular complexity index is 230. The molecule has 0 aromatic rings. The highest BCUT2D eigenvalue weighted by Crippen LogP contribution is 2.27. The molecule has 0 radical (unpaired) electrons. The van der Waals surface area contributed by atoms with Crippen LogP contribution in [0, 0.1) is 11.3 Å². The van der Waals surface area contributed by atoms with Crippen LogP contribution in [0.1, 0.15) is 27.2 Å². The molecule has 3 atom stereocenters. The molecule has 1 fully saturated rings. The second-order valence-corrected chi connectivity index (χ2v) is 6.40. The van der Waals surface area contributed by atoms with Crippen LogP contribution in [0.15, 0.2) is 0 Å². The molecule has 1 heterocycles. The van der Waals surface area contributed by atoms with E-state index in [9.17, 15) is 0 Å². The third-order valence-corrected chi connectivity index (χ3v) is 4.37. The van der Waals surface area contributed by atoms with Crippen molar-refractivity contribution >= 4 is 0 Å². The van der Waals surface area contributed by atoms with Gasteiger partial charge in [0.1, 0.15) is 0 Å². The van der Waals surface area contributed by atoms with Crippen LogP contribution in [0.5, 0.6) is 0 Å². The molecule has 102 valence electrons. The van der Waals surface area contributed by atoms with Gasteiger partial charge in [-0.25, -0.2) is 0 Å². The van der Waals surface area contributed by atoms with Crippen LogP contribution in [0.25, 0.3) is 0 Å². The summed E-state index contributed by atoms with van der Waals surface area (Å²) in [6, 6.07) is 0.727. The first kappa shape index (κ1) is 14.9. The first-order valence-electron chi connectivity index (χ1n) is 6.95.